The van der Waals surface area contributed by atoms with Crippen molar-refractivity contribution in [2.75, 3.05) is 20.3 Å². The largest absolute Gasteiger partial charge is 0.391 e. The number of thiazole rings is 1. The minimum atomic E-state index is -4.14. The Hall–Kier alpha value is -0.660. The van der Waals surface area contributed by atoms with Crippen molar-refractivity contribution >= 4 is 11.3 Å². The zero-order valence-corrected chi connectivity index (χ0v) is 13.1. The number of hydrogen-bond donors (Lipinski definition) is 1. The number of methoxy groups -OCH3 is 1. The zero-order valence-electron chi connectivity index (χ0n) is 12.3. The van der Waals surface area contributed by atoms with E-state index < -0.39 is 17.6 Å². The molecule has 0 saturated heterocycles. The van der Waals surface area contributed by atoms with Crippen molar-refractivity contribution < 1.29 is 17.9 Å². The highest BCUT2D eigenvalue weighted by atomic mass is 32.1. The van der Waals surface area contributed by atoms with Crippen LogP contribution in [-0.2, 0) is 10.3 Å². The Morgan fingerprint density at radius 3 is 2.86 bits per heavy atom. The van der Waals surface area contributed by atoms with Gasteiger partial charge in [0.05, 0.1) is 18.1 Å². The number of nitrogens with one attached hydrogen (secondary N) is 1. The number of halogens is 3. The van der Waals surface area contributed by atoms with Gasteiger partial charge in [0.2, 0.25) is 0 Å². The maximum Gasteiger partial charge on any atom is 0.391 e. The molecule has 1 aliphatic rings. The van der Waals surface area contributed by atoms with Gasteiger partial charge in [-0.3, -0.25) is 0 Å². The Balaban J connectivity index is 2.23. The standard InChI is InChI=1S/C14H21F3N2OS/c1-10-9-21-12(19-10)13(18-6-7-20-2)5-3-4-11(8-13)14(15,16)17/h9,11,18H,3-8H2,1-2H3. The number of ether oxygens (including phenoxy) is 1. The third kappa shape index (κ3) is 3.96. The molecule has 1 fully saturated rings. The summed E-state index contributed by atoms with van der Waals surface area (Å²) in [6.07, 6.45) is -2.62. The van der Waals surface area contributed by atoms with E-state index in [4.69, 9.17) is 4.74 Å². The van der Waals surface area contributed by atoms with E-state index in [1.165, 1.54) is 11.3 Å². The predicted octanol–water partition coefficient (Wildman–Crippen LogP) is 3.64. The summed E-state index contributed by atoms with van der Waals surface area (Å²) < 4.78 is 44.4. The molecule has 7 heteroatoms. The average Bonchev–Trinajstić information content (AvgIpc) is 2.86. The van der Waals surface area contributed by atoms with E-state index in [2.05, 4.69) is 10.3 Å². The lowest BCUT2D eigenvalue weighted by atomic mass is 9.75. The van der Waals surface area contributed by atoms with Crippen molar-refractivity contribution in [3.05, 3.63) is 16.1 Å². The first kappa shape index (κ1) is 16.7. The van der Waals surface area contributed by atoms with Crippen LogP contribution < -0.4 is 5.32 Å². The number of hydrogen-bond acceptors (Lipinski definition) is 4. The molecule has 0 amide bonds. The number of alkyl halides is 3. The smallest absolute Gasteiger partial charge is 0.383 e. The first-order valence-corrected chi connectivity index (χ1v) is 7.99. The topological polar surface area (TPSA) is 34.1 Å². The van der Waals surface area contributed by atoms with Crippen molar-refractivity contribution in [2.24, 2.45) is 5.92 Å². The molecule has 0 aromatic carbocycles. The van der Waals surface area contributed by atoms with Gasteiger partial charge in [0.15, 0.2) is 0 Å². The van der Waals surface area contributed by atoms with Crippen LogP contribution in [0.15, 0.2) is 5.38 Å². The molecule has 1 aliphatic carbocycles. The quantitative estimate of drug-likeness (QED) is 0.841. The van der Waals surface area contributed by atoms with Crippen LogP contribution in [0.25, 0.3) is 0 Å². The molecular weight excluding hydrogens is 301 g/mol. The molecular formula is C14H21F3N2OS. The molecule has 1 N–H and O–H groups in total. The van der Waals surface area contributed by atoms with E-state index in [1.54, 1.807) is 7.11 Å². The van der Waals surface area contributed by atoms with E-state index in [1.807, 2.05) is 12.3 Å². The summed E-state index contributed by atoms with van der Waals surface area (Å²) in [5, 5.41) is 5.95. The fourth-order valence-electron chi connectivity index (χ4n) is 2.95. The van der Waals surface area contributed by atoms with Crippen LogP contribution in [0, 0.1) is 12.8 Å². The van der Waals surface area contributed by atoms with Crippen LogP contribution in [-0.4, -0.2) is 31.4 Å². The van der Waals surface area contributed by atoms with Gasteiger partial charge in [-0.25, -0.2) is 4.98 Å². The van der Waals surface area contributed by atoms with E-state index >= 15 is 0 Å². The number of nitrogens with zero attached hydrogens (tertiary/aromatic N) is 1. The highest BCUT2D eigenvalue weighted by molar-refractivity contribution is 7.09. The van der Waals surface area contributed by atoms with Gasteiger partial charge >= 0.3 is 6.18 Å². The lowest BCUT2D eigenvalue weighted by molar-refractivity contribution is -0.189. The SMILES string of the molecule is COCCNC1(c2nc(C)cs2)CCCC(C(F)(F)F)C1. The Labute approximate surface area is 126 Å². The maximum atomic E-state index is 13.1. The van der Waals surface area contributed by atoms with Crippen LogP contribution >= 0.6 is 11.3 Å². The number of aryl methyl sites for hydroxylation is 1. The molecule has 2 rings (SSSR count). The van der Waals surface area contributed by atoms with Gasteiger partial charge in [-0.05, 0) is 26.2 Å². The van der Waals surface area contributed by atoms with Crippen molar-refractivity contribution in [1.29, 1.82) is 0 Å². The molecule has 0 aliphatic heterocycles. The fraction of sp³-hybridized carbons (Fsp3) is 0.786. The normalized spacial score (nSPS) is 27.0. The first-order valence-electron chi connectivity index (χ1n) is 7.11. The van der Waals surface area contributed by atoms with Crippen LogP contribution in [0.5, 0.6) is 0 Å². The van der Waals surface area contributed by atoms with E-state index in [0.717, 1.165) is 10.7 Å². The highest BCUT2D eigenvalue weighted by Gasteiger charge is 2.49. The Morgan fingerprint density at radius 1 is 1.52 bits per heavy atom. The molecule has 1 aromatic heterocycles. The number of rotatable bonds is 5. The van der Waals surface area contributed by atoms with Gasteiger partial charge in [-0.2, -0.15) is 13.2 Å². The summed E-state index contributed by atoms with van der Waals surface area (Å²) in [5.74, 6) is -1.26. The maximum absolute atomic E-state index is 13.1. The zero-order chi connectivity index (χ0) is 15.5. The van der Waals surface area contributed by atoms with Crippen LogP contribution in [0.3, 0.4) is 0 Å². The molecule has 1 heterocycles. The van der Waals surface area contributed by atoms with Gasteiger partial charge in [-0.1, -0.05) is 6.42 Å². The second-order valence-electron chi connectivity index (χ2n) is 5.63. The summed E-state index contributed by atoms with van der Waals surface area (Å²) in [7, 11) is 1.58. The van der Waals surface area contributed by atoms with Crippen molar-refractivity contribution in [3.63, 3.8) is 0 Å². The monoisotopic (exact) mass is 322 g/mol. The Bertz CT molecular complexity index is 463. The second kappa shape index (κ2) is 6.62. The van der Waals surface area contributed by atoms with Gasteiger partial charge in [0.1, 0.15) is 5.01 Å². The van der Waals surface area contributed by atoms with Crippen molar-refractivity contribution in [3.8, 4) is 0 Å². The molecule has 21 heavy (non-hydrogen) atoms. The molecule has 2 unspecified atom stereocenters. The summed E-state index contributed by atoms with van der Waals surface area (Å²) in [6, 6.07) is 0. The number of aromatic nitrogens is 1. The molecule has 0 radical (unpaired) electrons. The Kier molecular flexibility index (Phi) is 5.27. The highest BCUT2D eigenvalue weighted by Crippen LogP contribution is 2.46. The molecule has 0 spiro atoms. The van der Waals surface area contributed by atoms with Crippen LogP contribution in [0.4, 0.5) is 13.2 Å². The lowest BCUT2D eigenvalue weighted by Gasteiger charge is -2.41. The summed E-state index contributed by atoms with van der Waals surface area (Å²) >= 11 is 1.44. The summed E-state index contributed by atoms with van der Waals surface area (Å²) in [6.45, 7) is 2.87. The van der Waals surface area contributed by atoms with Gasteiger partial charge < -0.3 is 10.1 Å². The van der Waals surface area contributed by atoms with E-state index in [-0.39, 0.29) is 12.8 Å². The van der Waals surface area contributed by atoms with E-state index in [0.29, 0.717) is 26.0 Å². The van der Waals surface area contributed by atoms with Gasteiger partial charge in [0, 0.05) is 24.7 Å². The van der Waals surface area contributed by atoms with Crippen LogP contribution in [0.1, 0.15) is 36.4 Å². The predicted molar refractivity (Wildman–Crippen MR) is 76.4 cm³/mol. The second-order valence-corrected chi connectivity index (χ2v) is 6.49. The van der Waals surface area contributed by atoms with Gasteiger partial charge in [0.25, 0.3) is 0 Å². The Morgan fingerprint density at radius 2 is 2.29 bits per heavy atom. The van der Waals surface area contributed by atoms with E-state index in [9.17, 15) is 13.2 Å². The molecule has 3 nitrogen and oxygen atoms in total. The first-order chi connectivity index (χ1) is 9.87. The molecule has 120 valence electrons. The molecule has 1 saturated carbocycles. The fourth-order valence-corrected chi connectivity index (χ4v) is 3.97. The lowest BCUT2D eigenvalue weighted by Crippen LogP contribution is -2.49. The summed E-state index contributed by atoms with van der Waals surface area (Å²) in [4.78, 5) is 4.45. The average molecular weight is 322 g/mol. The van der Waals surface area contributed by atoms with Crippen molar-refractivity contribution in [1.82, 2.24) is 10.3 Å². The van der Waals surface area contributed by atoms with Gasteiger partial charge in [-0.15, -0.1) is 11.3 Å². The minimum absolute atomic E-state index is 0.0627. The third-order valence-corrected chi connectivity index (χ3v) is 5.18. The molecule has 2 atom stereocenters. The third-order valence-electron chi connectivity index (χ3n) is 4.01. The van der Waals surface area contributed by atoms with Crippen LogP contribution in [0.2, 0.25) is 0 Å². The summed E-state index contributed by atoms with van der Waals surface area (Å²) in [5.41, 5.74) is 0.188. The minimum Gasteiger partial charge on any atom is -0.383 e. The van der Waals surface area contributed by atoms with Crippen molar-refractivity contribution in [2.45, 2.75) is 44.3 Å². The molecule has 0 bridgehead atoms. The molecule has 1 aromatic rings.